The molecule has 23 heavy (non-hydrogen) atoms. The minimum atomic E-state index is -0.507. The van der Waals surface area contributed by atoms with Crippen LogP contribution in [0.4, 0.5) is 5.69 Å². The minimum Gasteiger partial charge on any atom is -0.481 e. The molecule has 1 amide bonds. The van der Waals surface area contributed by atoms with Crippen LogP contribution in [-0.4, -0.2) is 18.3 Å². The molecule has 2 aromatic carbocycles. The molecule has 0 spiro atoms. The molecule has 122 valence electrons. The van der Waals surface area contributed by atoms with Gasteiger partial charge in [-0.15, -0.1) is 11.8 Å². The third-order valence-corrected chi connectivity index (χ3v) is 4.58. The molecule has 0 aliphatic heterocycles. The number of carbonyl (C=O) groups is 1. The number of para-hydroxylation sites is 1. The first-order valence-electron chi connectivity index (χ1n) is 7.73. The largest absolute Gasteiger partial charge is 0.481 e. The number of amides is 1. The molecule has 1 atom stereocenters. The zero-order valence-electron chi connectivity index (χ0n) is 14.1. The summed E-state index contributed by atoms with van der Waals surface area (Å²) in [6.07, 6.45) is 2.10. The summed E-state index contributed by atoms with van der Waals surface area (Å²) in [7, 11) is 0. The Kier molecular flexibility index (Phi) is 6.11. The van der Waals surface area contributed by atoms with Gasteiger partial charge < -0.3 is 10.1 Å². The zero-order chi connectivity index (χ0) is 16.8. The van der Waals surface area contributed by atoms with Gasteiger partial charge in [0.1, 0.15) is 5.75 Å². The van der Waals surface area contributed by atoms with E-state index in [9.17, 15) is 4.79 Å². The Labute approximate surface area is 142 Å². The predicted octanol–water partition coefficient (Wildman–Crippen LogP) is 4.82. The first kappa shape index (κ1) is 17.4. The number of ether oxygens (including phenoxy) is 1. The number of benzene rings is 2. The summed E-state index contributed by atoms with van der Waals surface area (Å²) in [5.74, 6) is 0.612. The second-order valence-corrected chi connectivity index (χ2v) is 6.30. The summed E-state index contributed by atoms with van der Waals surface area (Å²) in [6.45, 7) is 6.05. The second-order valence-electron chi connectivity index (χ2n) is 5.45. The van der Waals surface area contributed by atoms with E-state index >= 15 is 0 Å². The van der Waals surface area contributed by atoms with Crippen LogP contribution in [0.5, 0.6) is 5.75 Å². The molecule has 0 heterocycles. The number of aryl methyl sites for hydroxylation is 2. The van der Waals surface area contributed by atoms with Crippen molar-refractivity contribution in [2.45, 2.75) is 38.2 Å². The van der Waals surface area contributed by atoms with Gasteiger partial charge in [-0.1, -0.05) is 25.1 Å². The van der Waals surface area contributed by atoms with Gasteiger partial charge in [0.15, 0.2) is 6.10 Å². The van der Waals surface area contributed by atoms with E-state index in [2.05, 4.69) is 12.2 Å². The fraction of sp³-hybridized carbons (Fsp3) is 0.316. The Morgan fingerprint density at radius 2 is 1.91 bits per heavy atom. The first-order valence-corrected chi connectivity index (χ1v) is 8.95. The maximum absolute atomic E-state index is 12.5. The van der Waals surface area contributed by atoms with E-state index in [1.165, 1.54) is 5.56 Å². The van der Waals surface area contributed by atoms with Crippen LogP contribution in [0.15, 0.2) is 47.4 Å². The summed E-state index contributed by atoms with van der Waals surface area (Å²) in [5, 5.41) is 2.97. The molecule has 2 aromatic rings. The van der Waals surface area contributed by atoms with E-state index in [1.54, 1.807) is 11.8 Å². The maximum atomic E-state index is 12.5. The third-order valence-electron chi connectivity index (χ3n) is 3.78. The topological polar surface area (TPSA) is 38.3 Å². The highest BCUT2D eigenvalue weighted by Crippen LogP contribution is 2.25. The van der Waals surface area contributed by atoms with Crippen LogP contribution in [0.3, 0.4) is 0 Å². The van der Waals surface area contributed by atoms with Crippen molar-refractivity contribution in [3.05, 3.63) is 53.6 Å². The quantitative estimate of drug-likeness (QED) is 0.772. The number of anilines is 1. The van der Waals surface area contributed by atoms with Crippen LogP contribution in [-0.2, 0) is 4.79 Å². The van der Waals surface area contributed by atoms with Crippen LogP contribution < -0.4 is 10.1 Å². The zero-order valence-corrected chi connectivity index (χ0v) is 14.9. The van der Waals surface area contributed by atoms with Crippen LogP contribution in [0.25, 0.3) is 0 Å². The van der Waals surface area contributed by atoms with Crippen molar-refractivity contribution < 1.29 is 9.53 Å². The van der Waals surface area contributed by atoms with Gasteiger partial charge in [-0.3, -0.25) is 4.79 Å². The van der Waals surface area contributed by atoms with Gasteiger partial charge in [0.05, 0.1) is 5.69 Å². The molecule has 4 heteroatoms. The first-order chi connectivity index (χ1) is 11.0. The molecular formula is C19H23NO2S. The second kappa shape index (κ2) is 8.06. The Balaban J connectivity index is 2.10. The lowest BCUT2D eigenvalue weighted by atomic mass is 10.1. The number of carbonyl (C=O) groups excluding carboxylic acids is 1. The molecule has 1 N–H and O–H groups in total. The molecule has 0 aliphatic rings. The van der Waals surface area contributed by atoms with Crippen LogP contribution in [0.1, 0.15) is 24.5 Å². The van der Waals surface area contributed by atoms with Crippen molar-refractivity contribution in [3.8, 4) is 5.75 Å². The van der Waals surface area contributed by atoms with Gasteiger partial charge in [-0.25, -0.2) is 0 Å². The minimum absolute atomic E-state index is 0.118. The van der Waals surface area contributed by atoms with Gasteiger partial charge in [0, 0.05) is 4.90 Å². The average molecular weight is 329 g/mol. The molecule has 0 aromatic heterocycles. The smallest absolute Gasteiger partial charge is 0.265 e. The third kappa shape index (κ3) is 4.52. The lowest BCUT2D eigenvalue weighted by Crippen LogP contribution is -2.32. The van der Waals surface area contributed by atoms with E-state index in [0.717, 1.165) is 21.9 Å². The van der Waals surface area contributed by atoms with Crippen molar-refractivity contribution >= 4 is 23.4 Å². The van der Waals surface area contributed by atoms with Gasteiger partial charge >= 0.3 is 0 Å². The molecule has 2 rings (SSSR count). The number of thioether (sulfide) groups is 1. The van der Waals surface area contributed by atoms with Crippen molar-refractivity contribution in [2.24, 2.45) is 0 Å². The highest BCUT2D eigenvalue weighted by atomic mass is 32.2. The summed E-state index contributed by atoms with van der Waals surface area (Å²) in [4.78, 5) is 13.6. The predicted molar refractivity (Wildman–Crippen MR) is 97.5 cm³/mol. The van der Waals surface area contributed by atoms with E-state index in [0.29, 0.717) is 6.42 Å². The van der Waals surface area contributed by atoms with Crippen LogP contribution >= 0.6 is 11.8 Å². The van der Waals surface area contributed by atoms with Gasteiger partial charge in [-0.05, 0) is 61.9 Å². The molecular weight excluding hydrogens is 306 g/mol. The standard InChI is InChI=1S/C19H23NO2S/c1-5-17(22-15-11-10-13(2)14(3)12-15)19(21)20-16-8-6-7-9-18(16)23-4/h6-12,17H,5H2,1-4H3,(H,20,21)/t17-/m1/s1. The molecule has 0 radical (unpaired) electrons. The van der Waals surface area contributed by atoms with Gasteiger partial charge in [-0.2, -0.15) is 0 Å². The molecule has 0 aliphatic carbocycles. The molecule has 3 nitrogen and oxygen atoms in total. The maximum Gasteiger partial charge on any atom is 0.265 e. The molecule has 0 saturated carbocycles. The Morgan fingerprint density at radius 3 is 2.57 bits per heavy atom. The Morgan fingerprint density at radius 1 is 1.17 bits per heavy atom. The molecule has 0 unspecified atom stereocenters. The number of nitrogens with one attached hydrogen (secondary N) is 1. The van der Waals surface area contributed by atoms with Gasteiger partial charge in [0.2, 0.25) is 0 Å². The SMILES string of the molecule is CC[C@@H](Oc1ccc(C)c(C)c1)C(=O)Nc1ccccc1SC. The van der Waals surface area contributed by atoms with Crippen molar-refractivity contribution in [2.75, 3.05) is 11.6 Å². The summed E-state index contributed by atoms with van der Waals surface area (Å²) >= 11 is 1.61. The van der Waals surface area contributed by atoms with E-state index in [4.69, 9.17) is 4.74 Å². The molecule has 0 bridgehead atoms. The van der Waals surface area contributed by atoms with E-state index in [1.807, 2.05) is 62.6 Å². The van der Waals surface area contributed by atoms with Crippen molar-refractivity contribution in [1.82, 2.24) is 0 Å². The highest BCUT2D eigenvalue weighted by Gasteiger charge is 2.19. The van der Waals surface area contributed by atoms with E-state index < -0.39 is 6.10 Å². The Hall–Kier alpha value is -1.94. The van der Waals surface area contributed by atoms with Crippen molar-refractivity contribution in [1.29, 1.82) is 0 Å². The summed E-state index contributed by atoms with van der Waals surface area (Å²) in [6, 6.07) is 13.7. The molecule has 0 saturated heterocycles. The highest BCUT2D eigenvalue weighted by molar-refractivity contribution is 7.98. The van der Waals surface area contributed by atoms with Gasteiger partial charge in [0.25, 0.3) is 5.91 Å². The number of hydrogen-bond acceptors (Lipinski definition) is 3. The monoisotopic (exact) mass is 329 g/mol. The fourth-order valence-electron chi connectivity index (χ4n) is 2.23. The summed E-state index contributed by atoms with van der Waals surface area (Å²) in [5.41, 5.74) is 3.20. The Bertz CT molecular complexity index is 685. The number of hydrogen-bond donors (Lipinski definition) is 1. The van der Waals surface area contributed by atoms with Crippen LogP contribution in [0.2, 0.25) is 0 Å². The van der Waals surface area contributed by atoms with E-state index in [-0.39, 0.29) is 5.91 Å². The fourth-order valence-corrected chi connectivity index (χ4v) is 2.79. The average Bonchev–Trinajstić information content (AvgIpc) is 2.56. The number of rotatable bonds is 6. The van der Waals surface area contributed by atoms with Crippen LogP contribution in [0, 0.1) is 13.8 Å². The summed E-state index contributed by atoms with van der Waals surface area (Å²) < 4.78 is 5.89. The lowest BCUT2D eigenvalue weighted by molar-refractivity contribution is -0.122. The molecule has 0 fully saturated rings. The normalized spacial score (nSPS) is 11.8. The van der Waals surface area contributed by atoms with Crippen molar-refractivity contribution in [3.63, 3.8) is 0 Å². The lowest BCUT2D eigenvalue weighted by Gasteiger charge is -2.19.